The Labute approximate surface area is 156 Å². The lowest BCUT2D eigenvalue weighted by Crippen LogP contribution is -2.27. The van der Waals surface area contributed by atoms with Crippen LogP contribution in [0.1, 0.15) is 22.3 Å². The number of benzene rings is 2. The van der Waals surface area contributed by atoms with Crippen LogP contribution in [0.15, 0.2) is 41.3 Å². The van der Waals surface area contributed by atoms with E-state index in [2.05, 4.69) is 32.9 Å². The van der Waals surface area contributed by atoms with Crippen molar-refractivity contribution in [2.45, 2.75) is 20.8 Å². The Bertz CT molecular complexity index is 866. The molecule has 3 rings (SSSR count). The van der Waals surface area contributed by atoms with Crippen molar-refractivity contribution >= 4 is 57.6 Å². The van der Waals surface area contributed by atoms with Crippen molar-refractivity contribution in [3.05, 3.63) is 68.6 Å². The molecule has 5 heteroatoms. The molecule has 2 aromatic rings. The summed E-state index contributed by atoms with van der Waals surface area (Å²) in [5.74, 6) is -0.105. The molecule has 2 aromatic carbocycles. The molecule has 1 aliphatic heterocycles. The van der Waals surface area contributed by atoms with Gasteiger partial charge in [0, 0.05) is 5.02 Å². The molecule has 2 nitrogen and oxygen atoms in total. The summed E-state index contributed by atoms with van der Waals surface area (Å²) in [4.78, 5) is 15.0. The maximum atomic E-state index is 12.8. The van der Waals surface area contributed by atoms with Crippen LogP contribution in [0.3, 0.4) is 0 Å². The van der Waals surface area contributed by atoms with Gasteiger partial charge < -0.3 is 0 Å². The topological polar surface area (TPSA) is 20.3 Å². The predicted octanol–water partition coefficient (Wildman–Crippen LogP) is 5.67. The van der Waals surface area contributed by atoms with Crippen LogP contribution in [0, 0.1) is 20.8 Å². The quantitative estimate of drug-likeness (QED) is 0.499. The third kappa shape index (κ3) is 3.27. The van der Waals surface area contributed by atoms with Gasteiger partial charge in [0.05, 0.1) is 10.6 Å². The van der Waals surface area contributed by atoms with Gasteiger partial charge in [-0.1, -0.05) is 59.3 Å². The molecule has 0 spiro atoms. The molecular formula is C19H16ClNOS2. The maximum Gasteiger partial charge on any atom is 0.270 e. The molecule has 1 saturated heterocycles. The number of halogens is 1. The number of thiocarbonyl (C=S) groups is 1. The van der Waals surface area contributed by atoms with E-state index in [1.165, 1.54) is 22.2 Å². The Hall–Kier alpha value is -1.62. The molecule has 1 heterocycles. The minimum absolute atomic E-state index is 0.105. The second-order valence-corrected chi connectivity index (χ2v) is 7.92. The number of rotatable bonds is 2. The Kier molecular flexibility index (Phi) is 4.81. The Morgan fingerprint density at radius 2 is 1.79 bits per heavy atom. The highest BCUT2D eigenvalue weighted by atomic mass is 35.5. The van der Waals surface area contributed by atoms with Gasteiger partial charge in [-0.25, -0.2) is 0 Å². The van der Waals surface area contributed by atoms with Gasteiger partial charge in [0.2, 0.25) is 0 Å². The fourth-order valence-electron chi connectivity index (χ4n) is 2.86. The summed E-state index contributed by atoms with van der Waals surface area (Å²) in [7, 11) is 0. The lowest BCUT2D eigenvalue weighted by Gasteiger charge is -2.14. The van der Waals surface area contributed by atoms with Crippen molar-refractivity contribution < 1.29 is 4.79 Å². The highest BCUT2D eigenvalue weighted by Crippen LogP contribution is 2.37. The van der Waals surface area contributed by atoms with E-state index < -0.39 is 0 Å². The number of hydrogen-bond donors (Lipinski definition) is 0. The molecule has 122 valence electrons. The summed E-state index contributed by atoms with van der Waals surface area (Å²) < 4.78 is 0.524. The molecule has 0 radical (unpaired) electrons. The van der Waals surface area contributed by atoms with Crippen molar-refractivity contribution in [3.8, 4) is 0 Å². The summed E-state index contributed by atoms with van der Waals surface area (Å²) in [6.45, 7) is 6.19. The average molecular weight is 374 g/mol. The zero-order chi connectivity index (χ0) is 17.4. The normalized spacial score (nSPS) is 16.3. The van der Waals surface area contributed by atoms with Crippen molar-refractivity contribution in [2.24, 2.45) is 0 Å². The number of anilines is 1. The summed E-state index contributed by atoms with van der Waals surface area (Å²) in [6, 6.07) is 11.4. The fraction of sp³-hybridized carbons (Fsp3) is 0.158. The van der Waals surface area contributed by atoms with Gasteiger partial charge in [-0.05, 0) is 61.7 Å². The number of hydrogen-bond acceptors (Lipinski definition) is 3. The van der Waals surface area contributed by atoms with E-state index in [1.807, 2.05) is 18.2 Å². The Morgan fingerprint density at radius 3 is 2.42 bits per heavy atom. The summed E-state index contributed by atoms with van der Waals surface area (Å²) in [5, 5.41) is 0.579. The van der Waals surface area contributed by atoms with Crippen molar-refractivity contribution in [1.29, 1.82) is 0 Å². The van der Waals surface area contributed by atoms with Crippen LogP contribution in [0.2, 0.25) is 5.02 Å². The standard InChI is InChI=1S/C19H16ClNOS2/c1-11-7-12(2)16(13(3)8-11)10-17-18(22)21(19(23)24-17)15-6-4-5-14(20)9-15/h4-10H,1-3H3/b17-10-. The van der Waals surface area contributed by atoms with E-state index in [0.29, 0.717) is 19.9 Å². The smallest absolute Gasteiger partial charge is 0.268 e. The van der Waals surface area contributed by atoms with Gasteiger partial charge in [-0.3, -0.25) is 9.69 Å². The van der Waals surface area contributed by atoms with Gasteiger partial charge in [-0.2, -0.15) is 0 Å². The number of carbonyl (C=O) groups excluding carboxylic acids is 1. The first kappa shape index (κ1) is 17.2. The fourth-order valence-corrected chi connectivity index (χ4v) is 4.32. The second kappa shape index (κ2) is 6.71. The van der Waals surface area contributed by atoms with Crippen molar-refractivity contribution in [1.82, 2.24) is 0 Å². The monoisotopic (exact) mass is 373 g/mol. The molecular weight excluding hydrogens is 358 g/mol. The van der Waals surface area contributed by atoms with Gasteiger partial charge >= 0.3 is 0 Å². The third-order valence-electron chi connectivity index (χ3n) is 3.87. The van der Waals surface area contributed by atoms with Crippen molar-refractivity contribution in [2.75, 3.05) is 4.90 Å². The molecule has 0 N–H and O–H groups in total. The largest absolute Gasteiger partial charge is 0.270 e. The van der Waals surface area contributed by atoms with E-state index >= 15 is 0 Å². The van der Waals surface area contributed by atoms with Crippen LogP contribution in [0.25, 0.3) is 6.08 Å². The van der Waals surface area contributed by atoms with Crippen LogP contribution < -0.4 is 4.90 Å². The highest BCUT2D eigenvalue weighted by molar-refractivity contribution is 8.27. The van der Waals surface area contributed by atoms with Crippen molar-refractivity contribution in [3.63, 3.8) is 0 Å². The number of aryl methyl sites for hydroxylation is 3. The number of thioether (sulfide) groups is 1. The van der Waals surface area contributed by atoms with Gasteiger partial charge in [0.25, 0.3) is 5.91 Å². The Balaban J connectivity index is 2.00. The summed E-state index contributed by atoms with van der Waals surface area (Å²) in [6.07, 6.45) is 1.94. The molecule has 24 heavy (non-hydrogen) atoms. The van der Waals surface area contributed by atoms with E-state index in [0.717, 1.165) is 16.7 Å². The maximum absolute atomic E-state index is 12.8. The summed E-state index contributed by atoms with van der Waals surface area (Å²) in [5.41, 5.74) is 5.30. The molecule has 1 amide bonds. The molecule has 0 aliphatic carbocycles. The molecule has 1 aliphatic rings. The first-order chi connectivity index (χ1) is 11.4. The highest BCUT2D eigenvalue weighted by Gasteiger charge is 2.33. The van der Waals surface area contributed by atoms with Crippen LogP contribution in [-0.4, -0.2) is 10.2 Å². The molecule has 1 fully saturated rings. The van der Waals surface area contributed by atoms with Crippen LogP contribution in [-0.2, 0) is 4.79 Å². The molecule has 0 atom stereocenters. The zero-order valence-corrected chi connectivity index (χ0v) is 16.0. The minimum atomic E-state index is -0.105. The molecule has 0 saturated carbocycles. The Morgan fingerprint density at radius 1 is 1.12 bits per heavy atom. The minimum Gasteiger partial charge on any atom is -0.268 e. The lowest BCUT2D eigenvalue weighted by atomic mass is 9.99. The lowest BCUT2D eigenvalue weighted by molar-refractivity contribution is -0.113. The van der Waals surface area contributed by atoms with Gasteiger partial charge in [0.15, 0.2) is 4.32 Å². The van der Waals surface area contributed by atoms with Gasteiger partial charge in [0.1, 0.15) is 0 Å². The average Bonchev–Trinajstić information content (AvgIpc) is 2.77. The number of carbonyl (C=O) groups is 1. The van der Waals surface area contributed by atoms with Gasteiger partial charge in [-0.15, -0.1) is 0 Å². The number of nitrogens with zero attached hydrogens (tertiary/aromatic N) is 1. The van der Waals surface area contributed by atoms with Crippen LogP contribution in [0.4, 0.5) is 5.69 Å². The predicted molar refractivity (Wildman–Crippen MR) is 108 cm³/mol. The first-order valence-corrected chi connectivity index (χ1v) is 9.08. The SMILES string of the molecule is Cc1cc(C)c(/C=C2\SC(=S)N(c3cccc(Cl)c3)C2=O)c(C)c1. The van der Waals surface area contributed by atoms with E-state index in [9.17, 15) is 4.79 Å². The van der Waals surface area contributed by atoms with E-state index in [1.54, 1.807) is 12.1 Å². The molecule has 0 bridgehead atoms. The number of amides is 1. The van der Waals surface area contributed by atoms with E-state index in [-0.39, 0.29) is 5.91 Å². The second-order valence-electron chi connectivity index (χ2n) is 5.81. The molecule has 0 aromatic heterocycles. The molecule has 0 unspecified atom stereocenters. The zero-order valence-electron chi connectivity index (χ0n) is 13.6. The first-order valence-electron chi connectivity index (χ1n) is 7.48. The van der Waals surface area contributed by atoms with Crippen LogP contribution >= 0.6 is 35.6 Å². The third-order valence-corrected chi connectivity index (χ3v) is 5.41. The van der Waals surface area contributed by atoms with Crippen LogP contribution in [0.5, 0.6) is 0 Å². The van der Waals surface area contributed by atoms with E-state index in [4.69, 9.17) is 23.8 Å². The summed E-state index contributed by atoms with van der Waals surface area (Å²) >= 11 is 12.8.